The van der Waals surface area contributed by atoms with Crippen molar-refractivity contribution in [2.45, 2.75) is 7.43 Å². The molecule has 0 radical (unpaired) electrons. The van der Waals surface area contributed by atoms with Gasteiger partial charge in [-0.2, -0.15) is 0 Å². The molecular weight excluding hydrogens is 92.0 g/mol. The minimum atomic E-state index is 0. The zero-order chi connectivity index (χ0) is 4.00. The first-order valence-corrected chi connectivity index (χ1v) is 0.400. The van der Waals surface area contributed by atoms with Crippen LogP contribution in [0.15, 0.2) is 0 Å². The van der Waals surface area contributed by atoms with Crippen LogP contribution in [0.2, 0.25) is 0 Å². The molecule has 0 bridgehead atoms. The quantitative estimate of drug-likeness (QED) is 0.251. The minimum absolute atomic E-state index is 0. The molecule has 0 aromatic heterocycles. The zero-order valence-electron chi connectivity index (χ0n) is 2.29. The fourth-order valence-electron chi connectivity index (χ4n) is 0. The maximum absolute atomic E-state index is 6.00. The fraction of sp³-hybridized carbons (Fsp3) is 1.00. The smallest absolute Gasteiger partial charge is 0.0776 e. The van der Waals surface area contributed by atoms with E-state index in [2.05, 4.69) is 0 Å². The lowest BCUT2D eigenvalue weighted by Crippen LogP contribution is -1.29. The van der Waals surface area contributed by atoms with Crippen molar-refractivity contribution in [3.05, 3.63) is 0 Å². The second-order valence-corrected chi connectivity index (χ2v) is 0. The highest BCUT2D eigenvalue weighted by atomic mass is 17.0. The number of hydrogen-bond acceptors (Lipinski definition) is 4. The predicted molar refractivity (Wildman–Crippen MR) is 20.9 cm³/mol. The summed E-state index contributed by atoms with van der Waals surface area (Å²) in [6.45, 7) is 0. The molecule has 5 nitrogen and oxygen atoms in total. The van der Waals surface area contributed by atoms with E-state index in [1.807, 2.05) is 0 Å². The summed E-state index contributed by atoms with van der Waals surface area (Å²) in [6.07, 6.45) is 0. The molecular formula is CH10O5. The van der Waals surface area contributed by atoms with E-state index in [0.717, 1.165) is 0 Å². The third-order valence-electron chi connectivity index (χ3n) is 0. The largest absolute Gasteiger partial charge is 0.412 e. The molecule has 0 fully saturated rings. The van der Waals surface area contributed by atoms with Gasteiger partial charge in [-0.3, -0.25) is 21.0 Å². The van der Waals surface area contributed by atoms with Crippen LogP contribution in [0.1, 0.15) is 7.43 Å². The third kappa shape index (κ3) is 745. The van der Waals surface area contributed by atoms with Crippen molar-refractivity contribution in [1.82, 2.24) is 0 Å². The monoisotopic (exact) mass is 102 g/mol. The first-order chi connectivity index (χ1) is 2.00. The number of rotatable bonds is 0. The van der Waals surface area contributed by atoms with Crippen LogP contribution in [0.5, 0.6) is 0 Å². The van der Waals surface area contributed by atoms with Gasteiger partial charge in [-0.15, -0.1) is 0 Å². The van der Waals surface area contributed by atoms with Gasteiger partial charge in [0.1, 0.15) is 0 Å². The highest BCUT2D eigenvalue weighted by Crippen LogP contribution is 0.713. The Hall–Kier alpha value is -0.200. The lowest BCUT2D eigenvalue weighted by atomic mass is 12.0. The lowest BCUT2D eigenvalue weighted by molar-refractivity contribution is -0.176. The summed E-state index contributed by atoms with van der Waals surface area (Å²) in [5.74, 6) is 0. The Morgan fingerprint density at radius 2 is 0.667 bits per heavy atom. The van der Waals surface area contributed by atoms with Gasteiger partial charge in [-0.1, -0.05) is 7.43 Å². The molecule has 0 amide bonds. The highest BCUT2D eigenvalue weighted by molar-refractivity contribution is 2.50. The van der Waals surface area contributed by atoms with Crippen LogP contribution in [0.25, 0.3) is 0 Å². The summed E-state index contributed by atoms with van der Waals surface area (Å²) >= 11 is 0. The van der Waals surface area contributed by atoms with Crippen molar-refractivity contribution in [2.75, 3.05) is 0 Å². The molecule has 0 saturated heterocycles. The molecule has 0 aliphatic rings. The van der Waals surface area contributed by atoms with Crippen molar-refractivity contribution in [3.8, 4) is 0 Å². The highest BCUT2D eigenvalue weighted by Gasteiger charge is 0.747. The Kier molecular flexibility index (Phi) is 11900. The normalized spacial score (nSPS) is 2.00. The molecule has 5 heteroatoms. The van der Waals surface area contributed by atoms with Crippen LogP contribution in [-0.4, -0.2) is 26.5 Å². The molecule has 0 unspecified atom stereocenters. The van der Waals surface area contributed by atoms with Gasteiger partial charge in [0.15, 0.2) is 0 Å². The Labute approximate surface area is 35.3 Å². The summed E-state index contributed by atoms with van der Waals surface area (Å²) in [6, 6.07) is 0. The Bertz CT molecular complexity index is 3.90. The molecule has 6 heavy (non-hydrogen) atoms. The Morgan fingerprint density at radius 1 is 0.667 bits per heavy atom. The van der Waals surface area contributed by atoms with E-state index in [0.29, 0.717) is 0 Å². The minimum Gasteiger partial charge on any atom is -0.412 e. The maximum Gasteiger partial charge on any atom is -0.0776 e. The topological polar surface area (TPSA) is 112 Å². The van der Waals surface area contributed by atoms with Crippen molar-refractivity contribution in [3.63, 3.8) is 0 Å². The predicted octanol–water partition coefficient (Wildman–Crippen LogP) is -0.154. The zero-order valence-corrected chi connectivity index (χ0v) is 2.29. The summed E-state index contributed by atoms with van der Waals surface area (Å²) in [5, 5.41) is 24.0. The molecule has 0 saturated carbocycles. The molecule has 0 spiro atoms. The van der Waals surface area contributed by atoms with E-state index in [1.165, 1.54) is 0 Å². The van der Waals surface area contributed by atoms with E-state index in [9.17, 15) is 0 Å². The van der Waals surface area contributed by atoms with E-state index < -0.39 is 0 Å². The van der Waals surface area contributed by atoms with E-state index in [1.54, 1.807) is 0 Å². The molecule has 44 valence electrons. The van der Waals surface area contributed by atoms with Crippen molar-refractivity contribution in [1.29, 1.82) is 0 Å². The van der Waals surface area contributed by atoms with Crippen LogP contribution in [0, 0.1) is 0 Å². The first kappa shape index (κ1) is 41.2. The Balaban J connectivity index is -0.00000000500. The Morgan fingerprint density at radius 3 is 0.667 bits per heavy atom. The van der Waals surface area contributed by atoms with Gasteiger partial charge in [0, 0.05) is 0 Å². The third-order valence-corrected chi connectivity index (χ3v) is 0. The fourth-order valence-corrected chi connectivity index (χ4v) is 0. The lowest BCUT2D eigenvalue weighted by Gasteiger charge is -1.25. The van der Waals surface area contributed by atoms with Crippen LogP contribution in [-0.2, 0) is 0 Å². The van der Waals surface area contributed by atoms with Gasteiger partial charge in [0.25, 0.3) is 0 Å². The molecule has 0 aliphatic heterocycles. The van der Waals surface area contributed by atoms with Gasteiger partial charge in [0.05, 0.1) is 0 Å². The molecule has 0 atom stereocenters. The molecule has 0 rings (SSSR count). The van der Waals surface area contributed by atoms with Crippen LogP contribution >= 0.6 is 0 Å². The van der Waals surface area contributed by atoms with Gasteiger partial charge in [-0.05, 0) is 0 Å². The second-order valence-electron chi connectivity index (χ2n) is 0. The molecule has 0 aromatic carbocycles. The van der Waals surface area contributed by atoms with Crippen LogP contribution in [0.3, 0.4) is 0 Å². The standard InChI is InChI=1S/CH4.2H2O2.H2O/c;2*1-2;/h1H4;2*1-2H;1H2. The maximum atomic E-state index is 6.00. The summed E-state index contributed by atoms with van der Waals surface area (Å²) < 4.78 is 0. The second kappa shape index (κ2) is 1730. The summed E-state index contributed by atoms with van der Waals surface area (Å²) in [4.78, 5) is 0. The van der Waals surface area contributed by atoms with Crippen molar-refractivity contribution in [2.24, 2.45) is 0 Å². The average Bonchev–Trinajstić information content (AvgIpc) is 1.50. The van der Waals surface area contributed by atoms with Crippen molar-refractivity contribution >= 4 is 0 Å². The van der Waals surface area contributed by atoms with Crippen LogP contribution in [0.4, 0.5) is 0 Å². The summed E-state index contributed by atoms with van der Waals surface area (Å²) in [5.41, 5.74) is 0. The van der Waals surface area contributed by atoms with E-state index in [-0.39, 0.29) is 12.9 Å². The van der Waals surface area contributed by atoms with Crippen LogP contribution < -0.4 is 0 Å². The van der Waals surface area contributed by atoms with Gasteiger partial charge in [-0.25, -0.2) is 0 Å². The summed E-state index contributed by atoms with van der Waals surface area (Å²) in [7, 11) is 0. The molecule has 0 aliphatic carbocycles. The molecule has 6 N–H and O–H groups in total. The first-order valence-electron chi connectivity index (χ1n) is 0.400. The molecule has 0 heterocycles. The average molecular weight is 102 g/mol. The van der Waals surface area contributed by atoms with Gasteiger partial charge >= 0.3 is 0 Å². The van der Waals surface area contributed by atoms with Gasteiger partial charge in [0.2, 0.25) is 0 Å². The van der Waals surface area contributed by atoms with Crippen molar-refractivity contribution < 1.29 is 26.5 Å². The SMILES string of the molecule is C.O.OO.OO. The number of hydrogen-bond donors (Lipinski definition) is 4. The molecule has 0 aromatic rings. The van der Waals surface area contributed by atoms with Gasteiger partial charge < -0.3 is 5.48 Å². The van der Waals surface area contributed by atoms with E-state index in [4.69, 9.17) is 21.0 Å². The van der Waals surface area contributed by atoms with E-state index >= 15 is 0 Å².